The Morgan fingerprint density at radius 1 is 1.16 bits per heavy atom. The summed E-state index contributed by atoms with van der Waals surface area (Å²) in [5, 5.41) is 18.6. The van der Waals surface area contributed by atoms with Gasteiger partial charge in [0.25, 0.3) is 0 Å². The first-order valence-corrected chi connectivity index (χ1v) is 10.2. The van der Waals surface area contributed by atoms with E-state index in [0.29, 0.717) is 15.9 Å². The van der Waals surface area contributed by atoms with Crippen LogP contribution in [0.4, 0.5) is 18.9 Å². The number of aromatic nitrogens is 7. The summed E-state index contributed by atoms with van der Waals surface area (Å²) in [6, 6.07) is 9.70. The molecule has 164 valence electrons. The van der Waals surface area contributed by atoms with Gasteiger partial charge in [-0.05, 0) is 52.9 Å². The second-order valence-electron chi connectivity index (χ2n) is 6.26. The Hall–Kier alpha value is -3.45. The molecular formula is C18H12ClF3N8OS. The molecule has 2 aromatic heterocycles. The largest absolute Gasteiger partial charge is 0.416 e. The van der Waals surface area contributed by atoms with E-state index in [2.05, 4.69) is 30.9 Å². The van der Waals surface area contributed by atoms with Crippen molar-refractivity contribution >= 4 is 35.0 Å². The normalized spacial score (nSPS) is 11.5. The number of rotatable bonds is 6. The van der Waals surface area contributed by atoms with E-state index in [9.17, 15) is 18.0 Å². The van der Waals surface area contributed by atoms with Crippen LogP contribution in [-0.2, 0) is 11.0 Å². The topological polar surface area (TPSA) is 103 Å². The van der Waals surface area contributed by atoms with E-state index in [1.807, 2.05) is 0 Å². The summed E-state index contributed by atoms with van der Waals surface area (Å²) >= 11 is 6.90. The summed E-state index contributed by atoms with van der Waals surface area (Å²) in [6.45, 7) is 0. The van der Waals surface area contributed by atoms with Gasteiger partial charge in [-0.1, -0.05) is 23.4 Å². The van der Waals surface area contributed by atoms with Crippen LogP contribution in [-0.4, -0.2) is 46.6 Å². The standard InChI is InChI=1S/C18H12ClF3N8OS/c19-12-2-4-13(5-3-12)30-17(26-27-28-30)32-8-16(31)25-14-7-11(18(20,21)22)1-6-15(14)29-10-23-9-24-29/h1-7,9-10H,8H2,(H,25,31). The quantitative estimate of drug-likeness (QED) is 0.420. The highest BCUT2D eigenvalue weighted by Gasteiger charge is 2.31. The number of nitrogens with one attached hydrogen (secondary N) is 1. The number of halogens is 4. The van der Waals surface area contributed by atoms with Crippen molar-refractivity contribution in [3.8, 4) is 11.4 Å². The molecule has 9 nitrogen and oxygen atoms in total. The average molecular weight is 481 g/mol. The van der Waals surface area contributed by atoms with Gasteiger partial charge < -0.3 is 5.32 Å². The van der Waals surface area contributed by atoms with Gasteiger partial charge in [0.05, 0.1) is 28.4 Å². The molecule has 32 heavy (non-hydrogen) atoms. The van der Waals surface area contributed by atoms with E-state index in [0.717, 1.165) is 23.9 Å². The SMILES string of the molecule is O=C(CSc1nnnn1-c1ccc(Cl)cc1)Nc1cc(C(F)(F)F)ccc1-n1cncn1. The Balaban J connectivity index is 1.51. The van der Waals surface area contributed by atoms with Gasteiger partial charge in [-0.25, -0.2) is 9.67 Å². The van der Waals surface area contributed by atoms with Gasteiger partial charge in [0.15, 0.2) is 0 Å². The van der Waals surface area contributed by atoms with Crippen LogP contribution in [0.2, 0.25) is 5.02 Å². The van der Waals surface area contributed by atoms with Crippen molar-refractivity contribution in [3.05, 3.63) is 65.7 Å². The van der Waals surface area contributed by atoms with Gasteiger partial charge in [0.2, 0.25) is 11.1 Å². The third kappa shape index (κ3) is 4.89. The Labute approximate surface area is 187 Å². The molecule has 1 N–H and O–H groups in total. The van der Waals surface area contributed by atoms with E-state index in [1.54, 1.807) is 24.3 Å². The third-order valence-corrected chi connectivity index (χ3v) is 5.28. The van der Waals surface area contributed by atoms with Crippen LogP contribution in [0.1, 0.15) is 5.56 Å². The highest BCUT2D eigenvalue weighted by molar-refractivity contribution is 7.99. The monoisotopic (exact) mass is 480 g/mol. The molecule has 14 heteroatoms. The number of hydrogen-bond acceptors (Lipinski definition) is 7. The molecule has 0 aliphatic carbocycles. The smallest absolute Gasteiger partial charge is 0.323 e. The Morgan fingerprint density at radius 2 is 1.94 bits per heavy atom. The van der Waals surface area contributed by atoms with Crippen molar-refractivity contribution in [1.29, 1.82) is 0 Å². The number of tetrazole rings is 1. The third-order valence-electron chi connectivity index (χ3n) is 4.11. The van der Waals surface area contributed by atoms with E-state index in [1.165, 1.54) is 28.1 Å². The van der Waals surface area contributed by atoms with Crippen LogP contribution in [0.25, 0.3) is 11.4 Å². The number of thioether (sulfide) groups is 1. The van der Waals surface area contributed by atoms with Crippen molar-refractivity contribution in [3.63, 3.8) is 0 Å². The maximum Gasteiger partial charge on any atom is 0.416 e. The Bertz CT molecular complexity index is 1230. The van der Waals surface area contributed by atoms with Crippen LogP contribution in [0.5, 0.6) is 0 Å². The second kappa shape index (κ2) is 8.96. The number of carbonyl (C=O) groups excluding carboxylic acids is 1. The average Bonchev–Trinajstić information content (AvgIpc) is 3.44. The molecule has 0 fully saturated rings. The molecular weight excluding hydrogens is 469 g/mol. The molecule has 2 aromatic carbocycles. The van der Waals surface area contributed by atoms with E-state index >= 15 is 0 Å². The summed E-state index contributed by atoms with van der Waals surface area (Å²) < 4.78 is 42.1. The number of anilines is 1. The minimum atomic E-state index is -4.57. The van der Waals surface area contributed by atoms with E-state index in [4.69, 9.17) is 11.6 Å². The summed E-state index contributed by atoms with van der Waals surface area (Å²) in [5.74, 6) is -0.706. The predicted octanol–water partition coefficient (Wildman–Crippen LogP) is 3.65. The number of nitrogens with zero attached hydrogens (tertiary/aromatic N) is 7. The van der Waals surface area contributed by atoms with Gasteiger partial charge in [-0.3, -0.25) is 4.79 Å². The van der Waals surface area contributed by atoms with Crippen molar-refractivity contribution in [2.45, 2.75) is 11.3 Å². The molecule has 2 heterocycles. The van der Waals surface area contributed by atoms with Gasteiger partial charge in [0, 0.05) is 5.02 Å². The van der Waals surface area contributed by atoms with Crippen molar-refractivity contribution in [2.24, 2.45) is 0 Å². The van der Waals surface area contributed by atoms with Crippen LogP contribution < -0.4 is 5.32 Å². The molecule has 0 aliphatic rings. The van der Waals surface area contributed by atoms with Crippen LogP contribution in [0, 0.1) is 0 Å². The molecule has 0 saturated heterocycles. The first-order chi connectivity index (χ1) is 15.3. The van der Waals surface area contributed by atoms with Crippen LogP contribution >= 0.6 is 23.4 Å². The molecule has 1 amide bonds. The number of amides is 1. The highest BCUT2D eigenvalue weighted by Crippen LogP contribution is 2.33. The molecule has 0 atom stereocenters. The molecule has 0 saturated carbocycles. The van der Waals surface area contributed by atoms with Gasteiger partial charge in [-0.15, -0.1) is 5.10 Å². The van der Waals surface area contributed by atoms with Crippen LogP contribution in [0.15, 0.2) is 60.3 Å². The summed E-state index contributed by atoms with van der Waals surface area (Å²) in [4.78, 5) is 16.3. The number of hydrogen-bond donors (Lipinski definition) is 1. The maximum atomic E-state index is 13.2. The van der Waals surface area contributed by atoms with E-state index < -0.39 is 17.6 Å². The maximum absolute atomic E-state index is 13.2. The lowest BCUT2D eigenvalue weighted by molar-refractivity contribution is -0.137. The Morgan fingerprint density at radius 3 is 2.62 bits per heavy atom. The van der Waals surface area contributed by atoms with Gasteiger partial charge >= 0.3 is 6.18 Å². The van der Waals surface area contributed by atoms with E-state index in [-0.39, 0.29) is 17.1 Å². The summed E-state index contributed by atoms with van der Waals surface area (Å²) in [5.41, 5.74) is -0.0993. The lowest BCUT2D eigenvalue weighted by atomic mass is 10.1. The van der Waals surface area contributed by atoms with Crippen LogP contribution in [0.3, 0.4) is 0 Å². The molecule has 4 aromatic rings. The van der Waals surface area contributed by atoms with Crippen molar-refractivity contribution in [2.75, 3.05) is 11.1 Å². The highest BCUT2D eigenvalue weighted by atomic mass is 35.5. The van der Waals surface area contributed by atoms with Crippen molar-refractivity contribution in [1.82, 2.24) is 35.0 Å². The molecule has 0 unspecified atom stereocenters. The van der Waals surface area contributed by atoms with Gasteiger partial charge in [-0.2, -0.15) is 23.0 Å². The fourth-order valence-corrected chi connectivity index (χ4v) is 3.49. The predicted molar refractivity (Wildman–Crippen MR) is 110 cm³/mol. The van der Waals surface area contributed by atoms with Crippen molar-refractivity contribution < 1.29 is 18.0 Å². The van der Waals surface area contributed by atoms with Gasteiger partial charge in [0.1, 0.15) is 12.7 Å². The molecule has 4 rings (SSSR count). The first-order valence-electron chi connectivity index (χ1n) is 8.84. The zero-order valence-corrected chi connectivity index (χ0v) is 17.4. The molecule has 0 aliphatic heterocycles. The first kappa shape index (κ1) is 21.8. The minimum Gasteiger partial charge on any atom is -0.323 e. The molecule has 0 bridgehead atoms. The minimum absolute atomic E-state index is 0.0618. The lowest BCUT2D eigenvalue weighted by Gasteiger charge is -2.14. The zero-order chi connectivity index (χ0) is 22.7. The Kier molecular flexibility index (Phi) is 6.10. The zero-order valence-electron chi connectivity index (χ0n) is 15.9. The second-order valence-corrected chi connectivity index (χ2v) is 7.64. The summed E-state index contributed by atoms with van der Waals surface area (Å²) in [7, 11) is 0. The fourth-order valence-electron chi connectivity index (χ4n) is 2.67. The molecule has 0 radical (unpaired) electrons. The number of benzene rings is 2. The number of alkyl halides is 3. The number of carbonyl (C=O) groups is 1. The lowest BCUT2D eigenvalue weighted by Crippen LogP contribution is -2.17. The summed E-state index contributed by atoms with van der Waals surface area (Å²) in [6.07, 6.45) is -2.03. The molecule has 0 spiro atoms. The fraction of sp³-hybridized carbons (Fsp3) is 0.111.